The van der Waals surface area contributed by atoms with E-state index in [1.165, 1.54) is 26.4 Å². The number of hydrogen-bond donors (Lipinski definition) is 0. The molecular formula is C18H20F3NO5. The molecule has 1 aromatic heterocycles. The number of esters is 1. The second kappa shape index (κ2) is 8.79. The quantitative estimate of drug-likeness (QED) is 0.504. The fourth-order valence-electron chi connectivity index (χ4n) is 2.46. The van der Waals surface area contributed by atoms with Crippen LogP contribution in [0.5, 0.6) is 17.4 Å². The highest BCUT2D eigenvalue weighted by Gasteiger charge is 2.34. The van der Waals surface area contributed by atoms with Gasteiger partial charge in [0.05, 0.1) is 38.5 Å². The predicted molar refractivity (Wildman–Crippen MR) is 91.2 cm³/mol. The maximum Gasteiger partial charge on any atom is 0.417 e. The van der Waals surface area contributed by atoms with Crippen molar-refractivity contribution < 1.29 is 36.9 Å². The van der Waals surface area contributed by atoms with E-state index in [1.54, 1.807) is 6.92 Å². The van der Waals surface area contributed by atoms with E-state index in [1.807, 2.05) is 0 Å². The van der Waals surface area contributed by atoms with Crippen LogP contribution in [0.4, 0.5) is 13.2 Å². The van der Waals surface area contributed by atoms with E-state index in [4.69, 9.17) is 18.9 Å². The van der Waals surface area contributed by atoms with Crippen molar-refractivity contribution in [2.45, 2.75) is 25.9 Å². The monoisotopic (exact) mass is 387 g/mol. The van der Waals surface area contributed by atoms with Crippen molar-refractivity contribution in [3.63, 3.8) is 0 Å². The lowest BCUT2D eigenvalue weighted by Gasteiger charge is -2.15. The molecule has 0 atom stereocenters. The first-order valence-corrected chi connectivity index (χ1v) is 8.22. The Balaban J connectivity index is 2.31. The molecule has 2 rings (SSSR count). The number of rotatable bonds is 8. The van der Waals surface area contributed by atoms with Crippen LogP contribution in [0.2, 0.25) is 0 Å². The number of fused-ring (bicyclic) bond motifs is 1. The molecule has 0 saturated carbocycles. The van der Waals surface area contributed by atoms with Gasteiger partial charge in [0.1, 0.15) is 0 Å². The molecule has 0 aliphatic rings. The lowest BCUT2D eigenvalue weighted by atomic mass is 10.1. The van der Waals surface area contributed by atoms with E-state index < -0.39 is 11.7 Å². The first kappa shape index (κ1) is 20.6. The van der Waals surface area contributed by atoms with Gasteiger partial charge in [0, 0.05) is 23.9 Å². The number of alkyl halides is 3. The Morgan fingerprint density at radius 2 is 1.78 bits per heavy atom. The summed E-state index contributed by atoms with van der Waals surface area (Å²) in [6, 6.07) is 3.42. The van der Waals surface area contributed by atoms with Crippen LogP contribution in [0.1, 0.15) is 25.3 Å². The summed E-state index contributed by atoms with van der Waals surface area (Å²) in [7, 11) is 2.72. The summed E-state index contributed by atoms with van der Waals surface area (Å²) >= 11 is 0. The van der Waals surface area contributed by atoms with Gasteiger partial charge in [-0.3, -0.25) is 4.79 Å². The fourth-order valence-corrected chi connectivity index (χ4v) is 2.46. The minimum atomic E-state index is -4.61. The standard InChI is InChI=1S/C18H20F3NO5/c1-4-26-17(23)6-5-7-27-16-9-12(18(19,20)21)11-8-14(24-2)15(25-3)10-13(11)22-16/h8-10H,4-7H2,1-3H3. The predicted octanol–water partition coefficient (Wildman–Crippen LogP) is 3.99. The zero-order chi connectivity index (χ0) is 20.0. The van der Waals surface area contributed by atoms with E-state index in [0.717, 1.165) is 6.07 Å². The molecule has 0 amide bonds. The van der Waals surface area contributed by atoms with Gasteiger partial charge in [-0.05, 0) is 19.4 Å². The summed E-state index contributed by atoms with van der Waals surface area (Å²) < 4.78 is 60.7. The number of hydrogen-bond acceptors (Lipinski definition) is 6. The number of carbonyl (C=O) groups is 1. The number of carbonyl (C=O) groups excluding carboxylic acids is 1. The topological polar surface area (TPSA) is 66.9 Å². The summed E-state index contributed by atoms with van der Waals surface area (Å²) in [5.41, 5.74) is -0.836. The van der Waals surface area contributed by atoms with Crippen molar-refractivity contribution >= 4 is 16.9 Å². The fraction of sp³-hybridized carbons (Fsp3) is 0.444. The molecule has 0 aliphatic carbocycles. The average molecular weight is 387 g/mol. The molecule has 148 valence electrons. The Bertz CT molecular complexity index is 808. The van der Waals surface area contributed by atoms with Gasteiger partial charge in [0.25, 0.3) is 0 Å². The minimum absolute atomic E-state index is 0.0297. The van der Waals surface area contributed by atoms with Gasteiger partial charge in [-0.2, -0.15) is 13.2 Å². The summed E-state index contributed by atoms with van der Waals surface area (Å²) in [5.74, 6) is -0.156. The number of benzene rings is 1. The lowest BCUT2D eigenvalue weighted by molar-refractivity contribution is -0.143. The van der Waals surface area contributed by atoms with E-state index in [0.29, 0.717) is 6.42 Å². The van der Waals surface area contributed by atoms with Crippen LogP contribution in [0, 0.1) is 0 Å². The molecule has 0 aliphatic heterocycles. The van der Waals surface area contributed by atoms with Gasteiger partial charge < -0.3 is 18.9 Å². The second-order valence-electron chi connectivity index (χ2n) is 5.49. The second-order valence-corrected chi connectivity index (χ2v) is 5.49. The van der Waals surface area contributed by atoms with Crippen molar-refractivity contribution in [1.29, 1.82) is 0 Å². The van der Waals surface area contributed by atoms with Crippen molar-refractivity contribution in [3.8, 4) is 17.4 Å². The third-order valence-corrected chi connectivity index (χ3v) is 3.68. The highest BCUT2D eigenvalue weighted by atomic mass is 19.4. The van der Waals surface area contributed by atoms with Crippen molar-refractivity contribution in [2.24, 2.45) is 0 Å². The largest absolute Gasteiger partial charge is 0.493 e. The Morgan fingerprint density at radius 3 is 2.37 bits per heavy atom. The number of halogens is 3. The third-order valence-electron chi connectivity index (χ3n) is 3.68. The first-order chi connectivity index (χ1) is 12.8. The number of nitrogens with zero attached hydrogens (tertiary/aromatic N) is 1. The summed E-state index contributed by atoms with van der Waals surface area (Å²) in [6.45, 7) is 1.99. The molecule has 9 heteroatoms. The van der Waals surface area contributed by atoms with Crippen LogP contribution in [0.25, 0.3) is 10.9 Å². The first-order valence-electron chi connectivity index (χ1n) is 8.22. The maximum absolute atomic E-state index is 13.5. The SMILES string of the molecule is CCOC(=O)CCCOc1cc(C(F)(F)F)c2cc(OC)c(OC)cc2n1. The normalized spacial score (nSPS) is 11.3. The van der Waals surface area contributed by atoms with Crippen molar-refractivity contribution in [2.75, 3.05) is 27.4 Å². The Labute approximate surface area is 154 Å². The molecule has 1 heterocycles. The van der Waals surface area contributed by atoms with Gasteiger partial charge in [0.15, 0.2) is 11.5 Å². The molecule has 0 bridgehead atoms. The van der Waals surface area contributed by atoms with Crippen LogP contribution in [0.3, 0.4) is 0 Å². The number of methoxy groups -OCH3 is 2. The number of pyridine rings is 1. The maximum atomic E-state index is 13.5. The Hall–Kier alpha value is -2.71. The number of aromatic nitrogens is 1. The van der Waals surface area contributed by atoms with Gasteiger partial charge >= 0.3 is 12.1 Å². The Kier molecular flexibility index (Phi) is 6.70. The number of ether oxygens (including phenoxy) is 4. The molecule has 2 aromatic rings. The molecule has 0 saturated heterocycles. The van der Waals surface area contributed by atoms with Crippen LogP contribution in [-0.2, 0) is 15.7 Å². The van der Waals surface area contributed by atoms with Crippen LogP contribution >= 0.6 is 0 Å². The molecule has 1 aromatic carbocycles. The van der Waals surface area contributed by atoms with E-state index >= 15 is 0 Å². The smallest absolute Gasteiger partial charge is 0.417 e. The lowest BCUT2D eigenvalue weighted by Crippen LogP contribution is -2.10. The van der Waals surface area contributed by atoms with E-state index in [9.17, 15) is 18.0 Å². The molecule has 6 nitrogen and oxygen atoms in total. The average Bonchev–Trinajstić information content (AvgIpc) is 2.62. The van der Waals surface area contributed by atoms with Crippen molar-refractivity contribution in [1.82, 2.24) is 4.98 Å². The van der Waals surface area contributed by atoms with E-state index in [-0.39, 0.29) is 53.9 Å². The zero-order valence-corrected chi connectivity index (χ0v) is 15.2. The molecule has 0 unspecified atom stereocenters. The van der Waals surface area contributed by atoms with Gasteiger partial charge in [-0.15, -0.1) is 0 Å². The molecule has 0 radical (unpaired) electrons. The molecule has 0 spiro atoms. The summed E-state index contributed by atoms with van der Waals surface area (Å²) in [4.78, 5) is 15.4. The highest BCUT2D eigenvalue weighted by Crippen LogP contribution is 2.40. The molecule has 27 heavy (non-hydrogen) atoms. The van der Waals surface area contributed by atoms with Gasteiger partial charge in [-0.1, -0.05) is 0 Å². The summed E-state index contributed by atoms with van der Waals surface area (Å²) in [5, 5.41) is -0.126. The minimum Gasteiger partial charge on any atom is -0.493 e. The van der Waals surface area contributed by atoms with Crippen LogP contribution in [0.15, 0.2) is 18.2 Å². The van der Waals surface area contributed by atoms with Crippen LogP contribution < -0.4 is 14.2 Å². The third kappa shape index (κ3) is 5.15. The Morgan fingerprint density at radius 1 is 1.11 bits per heavy atom. The highest BCUT2D eigenvalue weighted by molar-refractivity contribution is 5.87. The van der Waals surface area contributed by atoms with Gasteiger partial charge in [-0.25, -0.2) is 4.98 Å². The van der Waals surface area contributed by atoms with Gasteiger partial charge in [0.2, 0.25) is 5.88 Å². The summed E-state index contributed by atoms with van der Waals surface area (Å²) in [6.07, 6.45) is -4.20. The molecule has 0 fully saturated rings. The molecule has 0 N–H and O–H groups in total. The zero-order valence-electron chi connectivity index (χ0n) is 15.2. The van der Waals surface area contributed by atoms with Crippen molar-refractivity contribution in [3.05, 3.63) is 23.8 Å². The molecular weight excluding hydrogens is 367 g/mol. The van der Waals surface area contributed by atoms with Crippen LogP contribution in [-0.4, -0.2) is 38.4 Å². The van der Waals surface area contributed by atoms with E-state index in [2.05, 4.69) is 4.98 Å².